The number of nitrogens with zero attached hydrogens (tertiary/aromatic N) is 1. The van der Waals surface area contributed by atoms with E-state index in [1.165, 1.54) is 0 Å². The summed E-state index contributed by atoms with van der Waals surface area (Å²) >= 11 is 0. The highest BCUT2D eigenvalue weighted by Crippen LogP contribution is 2.17. The maximum absolute atomic E-state index is 12.3. The van der Waals surface area contributed by atoms with Gasteiger partial charge in [0.25, 0.3) is 0 Å². The molecule has 1 saturated heterocycles. The van der Waals surface area contributed by atoms with Crippen LogP contribution in [-0.4, -0.2) is 35.8 Å². The van der Waals surface area contributed by atoms with Crippen LogP contribution in [0.5, 0.6) is 0 Å². The summed E-state index contributed by atoms with van der Waals surface area (Å²) in [4.78, 5) is 26.2. The van der Waals surface area contributed by atoms with Crippen molar-refractivity contribution in [3.05, 3.63) is 35.9 Å². The Labute approximate surface area is 120 Å². The fourth-order valence-corrected chi connectivity index (χ4v) is 2.60. The van der Waals surface area contributed by atoms with Gasteiger partial charge in [-0.2, -0.15) is 0 Å². The third-order valence-corrected chi connectivity index (χ3v) is 3.71. The van der Waals surface area contributed by atoms with E-state index in [9.17, 15) is 9.59 Å². The van der Waals surface area contributed by atoms with Crippen LogP contribution in [0, 0.1) is 5.92 Å². The van der Waals surface area contributed by atoms with Gasteiger partial charge in [-0.1, -0.05) is 44.2 Å². The zero-order valence-corrected chi connectivity index (χ0v) is 12.3. The van der Waals surface area contributed by atoms with Crippen molar-refractivity contribution in [2.24, 2.45) is 5.92 Å². The molecule has 108 valence electrons. The van der Waals surface area contributed by atoms with E-state index < -0.39 is 6.04 Å². The van der Waals surface area contributed by atoms with Crippen LogP contribution in [0.4, 0.5) is 0 Å². The average molecular weight is 274 g/mol. The lowest BCUT2D eigenvalue weighted by Crippen LogP contribution is -2.62. The summed E-state index contributed by atoms with van der Waals surface area (Å²) in [6.45, 7) is 4.10. The quantitative estimate of drug-likeness (QED) is 0.906. The Balaban J connectivity index is 2.09. The molecule has 0 saturated carbocycles. The highest BCUT2D eigenvalue weighted by Gasteiger charge is 2.38. The van der Waals surface area contributed by atoms with Crippen molar-refractivity contribution in [3.63, 3.8) is 0 Å². The van der Waals surface area contributed by atoms with Gasteiger partial charge in [0.1, 0.15) is 12.1 Å². The largest absolute Gasteiger partial charge is 0.342 e. The second-order valence-corrected chi connectivity index (χ2v) is 5.85. The molecule has 20 heavy (non-hydrogen) atoms. The number of likely N-dealkylation sites (N-methyl/N-ethyl adjacent to an activating group) is 1. The van der Waals surface area contributed by atoms with E-state index in [-0.39, 0.29) is 17.9 Å². The van der Waals surface area contributed by atoms with Gasteiger partial charge in [-0.3, -0.25) is 9.59 Å². The van der Waals surface area contributed by atoms with Gasteiger partial charge < -0.3 is 10.2 Å². The molecule has 1 heterocycles. The Kier molecular flexibility index (Phi) is 4.42. The van der Waals surface area contributed by atoms with Crippen LogP contribution < -0.4 is 5.32 Å². The molecule has 4 nitrogen and oxygen atoms in total. The highest BCUT2D eigenvalue weighted by atomic mass is 16.2. The summed E-state index contributed by atoms with van der Waals surface area (Å²) in [6, 6.07) is 9.00. The second-order valence-electron chi connectivity index (χ2n) is 5.85. The Hall–Kier alpha value is -1.84. The third kappa shape index (κ3) is 3.18. The number of carbonyl (C=O) groups is 2. The van der Waals surface area contributed by atoms with Crippen LogP contribution in [0.15, 0.2) is 30.3 Å². The first kappa shape index (κ1) is 14.6. The van der Waals surface area contributed by atoms with E-state index in [4.69, 9.17) is 0 Å². The number of hydrogen-bond acceptors (Lipinski definition) is 2. The fourth-order valence-electron chi connectivity index (χ4n) is 2.60. The van der Waals surface area contributed by atoms with E-state index in [1.54, 1.807) is 11.9 Å². The highest BCUT2D eigenvalue weighted by molar-refractivity contribution is 5.96. The maximum atomic E-state index is 12.3. The van der Waals surface area contributed by atoms with Crippen LogP contribution >= 0.6 is 0 Å². The molecule has 0 aromatic heterocycles. The van der Waals surface area contributed by atoms with E-state index >= 15 is 0 Å². The standard InChI is InChI=1S/C16H22N2O2/c1-11(2)9-13-16(20)18(3)14(15(19)17-13)10-12-7-5-4-6-8-12/h4-8,11,13-14H,9-10H2,1-3H3,(H,17,19)/t13-,14+/m0/s1. The van der Waals surface area contributed by atoms with Crippen LogP contribution in [0.1, 0.15) is 25.8 Å². The van der Waals surface area contributed by atoms with Gasteiger partial charge in [-0.25, -0.2) is 0 Å². The first-order valence-corrected chi connectivity index (χ1v) is 7.10. The Morgan fingerprint density at radius 1 is 1.20 bits per heavy atom. The van der Waals surface area contributed by atoms with Gasteiger partial charge in [-0.15, -0.1) is 0 Å². The molecule has 1 aliphatic rings. The minimum Gasteiger partial charge on any atom is -0.342 e. The SMILES string of the molecule is CC(C)C[C@@H]1NC(=O)[C@@H](Cc2ccccc2)N(C)C1=O. The molecule has 4 heteroatoms. The van der Waals surface area contributed by atoms with Crippen molar-refractivity contribution in [2.75, 3.05) is 7.05 Å². The predicted octanol–water partition coefficient (Wildman–Crippen LogP) is 1.60. The van der Waals surface area contributed by atoms with Crippen molar-refractivity contribution in [1.82, 2.24) is 10.2 Å². The number of hydrogen-bond donors (Lipinski definition) is 1. The molecule has 1 aromatic carbocycles. The average Bonchev–Trinajstić information content (AvgIpc) is 2.41. The maximum Gasteiger partial charge on any atom is 0.245 e. The van der Waals surface area contributed by atoms with Gasteiger partial charge in [0.15, 0.2) is 0 Å². The van der Waals surface area contributed by atoms with Crippen molar-refractivity contribution in [1.29, 1.82) is 0 Å². The molecular weight excluding hydrogens is 252 g/mol. The van der Waals surface area contributed by atoms with Gasteiger partial charge in [-0.05, 0) is 17.9 Å². The topological polar surface area (TPSA) is 49.4 Å². The molecule has 1 fully saturated rings. The minimum absolute atomic E-state index is 0.0132. The van der Waals surface area contributed by atoms with E-state index in [0.29, 0.717) is 18.8 Å². The van der Waals surface area contributed by atoms with Crippen LogP contribution in [0.2, 0.25) is 0 Å². The predicted molar refractivity (Wildman–Crippen MR) is 78.1 cm³/mol. The van der Waals surface area contributed by atoms with Crippen molar-refractivity contribution in [2.45, 2.75) is 38.8 Å². The fraction of sp³-hybridized carbons (Fsp3) is 0.500. The van der Waals surface area contributed by atoms with Crippen molar-refractivity contribution >= 4 is 11.8 Å². The zero-order chi connectivity index (χ0) is 14.7. The van der Waals surface area contributed by atoms with Gasteiger partial charge in [0, 0.05) is 13.5 Å². The van der Waals surface area contributed by atoms with Crippen molar-refractivity contribution < 1.29 is 9.59 Å². The second kappa shape index (κ2) is 6.07. The number of nitrogens with one attached hydrogen (secondary N) is 1. The smallest absolute Gasteiger partial charge is 0.245 e. The number of piperazine rings is 1. The summed E-state index contributed by atoms with van der Waals surface area (Å²) in [5, 5.41) is 2.87. The number of carbonyl (C=O) groups excluding carboxylic acids is 2. The van der Waals surface area contributed by atoms with Crippen LogP contribution in [-0.2, 0) is 16.0 Å². The molecule has 0 unspecified atom stereocenters. The molecule has 1 aliphatic heterocycles. The van der Waals surface area contributed by atoms with E-state index in [0.717, 1.165) is 5.56 Å². The van der Waals surface area contributed by atoms with E-state index in [1.807, 2.05) is 30.3 Å². The first-order valence-electron chi connectivity index (χ1n) is 7.10. The first-order chi connectivity index (χ1) is 9.49. The zero-order valence-electron chi connectivity index (χ0n) is 12.3. The molecule has 0 spiro atoms. The number of benzene rings is 1. The third-order valence-electron chi connectivity index (χ3n) is 3.71. The Bertz CT molecular complexity index is 485. The molecule has 2 atom stereocenters. The number of rotatable bonds is 4. The summed E-state index contributed by atoms with van der Waals surface area (Å²) in [7, 11) is 1.72. The molecule has 0 radical (unpaired) electrons. The summed E-state index contributed by atoms with van der Waals surface area (Å²) in [5.74, 6) is 0.337. The lowest BCUT2D eigenvalue weighted by Gasteiger charge is -2.37. The summed E-state index contributed by atoms with van der Waals surface area (Å²) in [6.07, 6.45) is 1.25. The molecule has 2 amide bonds. The molecule has 1 aromatic rings. The molecule has 2 rings (SSSR count). The Morgan fingerprint density at radius 2 is 1.85 bits per heavy atom. The van der Waals surface area contributed by atoms with Crippen LogP contribution in [0.25, 0.3) is 0 Å². The molecule has 0 aliphatic carbocycles. The van der Waals surface area contributed by atoms with Gasteiger partial charge in [0.2, 0.25) is 11.8 Å². The summed E-state index contributed by atoms with van der Waals surface area (Å²) < 4.78 is 0. The minimum atomic E-state index is -0.409. The Morgan fingerprint density at radius 3 is 2.45 bits per heavy atom. The number of amides is 2. The monoisotopic (exact) mass is 274 g/mol. The van der Waals surface area contributed by atoms with Gasteiger partial charge in [0.05, 0.1) is 0 Å². The summed E-state index contributed by atoms with van der Waals surface area (Å²) in [5.41, 5.74) is 1.06. The molecular formula is C16H22N2O2. The lowest BCUT2D eigenvalue weighted by atomic mass is 9.96. The van der Waals surface area contributed by atoms with Crippen LogP contribution in [0.3, 0.4) is 0 Å². The lowest BCUT2D eigenvalue weighted by molar-refractivity contribution is -0.148. The van der Waals surface area contributed by atoms with Gasteiger partial charge >= 0.3 is 0 Å². The molecule has 1 N–H and O–H groups in total. The van der Waals surface area contributed by atoms with Crippen molar-refractivity contribution in [3.8, 4) is 0 Å². The van der Waals surface area contributed by atoms with E-state index in [2.05, 4.69) is 19.2 Å². The molecule has 0 bridgehead atoms. The normalized spacial score (nSPS) is 23.1.